The molecule has 0 spiro atoms. The van der Waals surface area contributed by atoms with E-state index in [9.17, 15) is 14.4 Å². The number of nitrogens with zero attached hydrogens (tertiary/aromatic N) is 1. The lowest BCUT2D eigenvalue weighted by Crippen LogP contribution is -2.36. The number of esters is 1. The van der Waals surface area contributed by atoms with Crippen molar-refractivity contribution in [2.75, 3.05) is 33.9 Å². The molecule has 0 aliphatic carbocycles. The fourth-order valence-corrected chi connectivity index (χ4v) is 2.87. The fourth-order valence-electron chi connectivity index (χ4n) is 2.87. The van der Waals surface area contributed by atoms with Gasteiger partial charge in [-0.3, -0.25) is 14.4 Å². The van der Waals surface area contributed by atoms with Crippen LogP contribution in [0.2, 0.25) is 0 Å². The van der Waals surface area contributed by atoms with Crippen LogP contribution in [0.25, 0.3) is 0 Å². The summed E-state index contributed by atoms with van der Waals surface area (Å²) >= 11 is 0. The molecular weight excluding hydrogens is 400 g/mol. The van der Waals surface area contributed by atoms with Gasteiger partial charge in [0.25, 0.3) is 5.91 Å². The van der Waals surface area contributed by atoms with Crippen molar-refractivity contribution in [3.05, 3.63) is 59.7 Å². The SMILES string of the molecule is CCN(Cc1ccc(OC)c(OC)c1)C(=O)COC(=O)CNC(=O)Cc1ccccc1. The highest BCUT2D eigenvalue weighted by Gasteiger charge is 2.16. The van der Waals surface area contributed by atoms with Crippen molar-refractivity contribution in [1.29, 1.82) is 0 Å². The Morgan fingerprint density at radius 1 is 0.935 bits per heavy atom. The summed E-state index contributed by atoms with van der Waals surface area (Å²) in [5.74, 6) is -0.124. The largest absolute Gasteiger partial charge is 0.493 e. The van der Waals surface area contributed by atoms with Gasteiger partial charge in [-0.2, -0.15) is 0 Å². The number of carbonyl (C=O) groups is 3. The summed E-state index contributed by atoms with van der Waals surface area (Å²) in [7, 11) is 3.10. The summed E-state index contributed by atoms with van der Waals surface area (Å²) in [6.45, 7) is 1.93. The minimum atomic E-state index is -0.670. The zero-order valence-electron chi connectivity index (χ0n) is 18.1. The third-order valence-corrected chi connectivity index (χ3v) is 4.55. The van der Waals surface area contributed by atoms with Gasteiger partial charge in [0, 0.05) is 13.1 Å². The molecule has 0 unspecified atom stereocenters. The first kappa shape index (κ1) is 23.7. The van der Waals surface area contributed by atoms with Crippen LogP contribution in [0, 0.1) is 0 Å². The highest BCUT2D eigenvalue weighted by Crippen LogP contribution is 2.28. The molecular formula is C23H28N2O6. The summed E-state index contributed by atoms with van der Waals surface area (Å²) < 4.78 is 15.5. The van der Waals surface area contributed by atoms with Crippen LogP contribution in [0.1, 0.15) is 18.1 Å². The molecule has 2 aromatic rings. The quantitative estimate of drug-likeness (QED) is 0.550. The monoisotopic (exact) mass is 428 g/mol. The minimum absolute atomic E-state index is 0.169. The van der Waals surface area contributed by atoms with Gasteiger partial charge in [-0.25, -0.2) is 0 Å². The molecule has 0 radical (unpaired) electrons. The molecule has 0 saturated carbocycles. The van der Waals surface area contributed by atoms with Gasteiger partial charge in [0.05, 0.1) is 20.6 Å². The molecule has 2 rings (SSSR count). The lowest BCUT2D eigenvalue weighted by atomic mass is 10.1. The number of methoxy groups -OCH3 is 2. The summed E-state index contributed by atoms with van der Waals surface area (Å²) in [4.78, 5) is 37.8. The number of ether oxygens (including phenoxy) is 3. The van der Waals surface area contributed by atoms with Gasteiger partial charge in [0.1, 0.15) is 6.54 Å². The Kier molecular flexibility index (Phi) is 9.35. The third-order valence-electron chi connectivity index (χ3n) is 4.55. The van der Waals surface area contributed by atoms with Crippen molar-refractivity contribution in [3.8, 4) is 11.5 Å². The van der Waals surface area contributed by atoms with Crippen LogP contribution in [-0.4, -0.2) is 56.6 Å². The Bertz CT molecular complexity index is 885. The van der Waals surface area contributed by atoms with Crippen LogP contribution in [0.3, 0.4) is 0 Å². The normalized spacial score (nSPS) is 10.2. The second kappa shape index (κ2) is 12.2. The Labute approximate surface area is 182 Å². The summed E-state index contributed by atoms with van der Waals surface area (Å²) in [5, 5.41) is 2.50. The smallest absolute Gasteiger partial charge is 0.325 e. The molecule has 0 aliphatic heterocycles. The van der Waals surface area contributed by atoms with E-state index in [1.807, 2.05) is 43.3 Å². The van der Waals surface area contributed by atoms with Crippen LogP contribution >= 0.6 is 0 Å². The van der Waals surface area contributed by atoms with E-state index >= 15 is 0 Å². The number of hydrogen-bond acceptors (Lipinski definition) is 6. The molecule has 1 N–H and O–H groups in total. The number of nitrogens with one attached hydrogen (secondary N) is 1. The molecule has 0 atom stereocenters. The molecule has 0 aliphatic rings. The maximum atomic E-state index is 12.4. The Morgan fingerprint density at radius 3 is 2.29 bits per heavy atom. The highest BCUT2D eigenvalue weighted by molar-refractivity contribution is 5.85. The van der Waals surface area contributed by atoms with Crippen LogP contribution in [0.4, 0.5) is 0 Å². The second-order valence-corrected chi connectivity index (χ2v) is 6.70. The molecule has 8 nitrogen and oxygen atoms in total. The molecule has 0 aromatic heterocycles. The van der Waals surface area contributed by atoms with Crippen molar-refractivity contribution in [2.24, 2.45) is 0 Å². The van der Waals surface area contributed by atoms with E-state index in [-0.39, 0.29) is 24.8 Å². The standard InChI is InChI=1S/C23H28N2O6/c1-4-25(15-18-10-11-19(29-2)20(12-18)30-3)22(27)16-31-23(28)14-24-21(26)13-17-8-6-5-7-9-17/h5-12H,4,13-16H2,1-3H3,(H,24,26). The lowest BCUT2D eigenvalue weighted by Gasteiger charge is -2.21. The van der Waals surface area contributed by atoms with Crippen LogP contribution in [-0.2, 0) is 32.1 Å². The maximum absolute atomic E-state index is 12.4. The summed E-state index contributed by atoms with van der Waals surface area (Å²) in [6.07, 6.45) is 0.169. The number of rotatable bonds is 11. The first-order valence-electron chi connectivity index (χ1n) is 9.91. The minimum Gasteiger partial charge on any atom is -0.493 e. The predicted molar refractivity (Wildman–Crippen MR) is 115 cm³/mol. The topological polar surface area (TPSA) is 94.2 Å². The van der Waals surface area contributed by atoms with E-state index in [0.717, 1.165) is 11.1 Å². The molecule has 8 heteroatoms. The number of benzene rings is 2. The van der Waals surface area contributed by atoms with E-state index in [1.54, 1.807) is 31.3 Å². The summed E-state index contributed by atoms with van der Waals surface area (Å²) in [6, 6.07) is 14.6. The molecule has 0 fully saturated rings. The molecule has 0 saturated heterocycles. The van der Waals surface area contributed by atoms with Gasteiger partial charge in [-0.05, 0) is 30.2 Å². The van der Waals surface area contributed by atoms with Crippen molar-refractivity contribution in [1.82, 2.24) is 10.2 Å². The van der Waals surface area contributed by atoms with Gasteiger partial charge >= 0.3 is 5.97 Å². The number of hydrogen-bond donors (Lipinski definition) is 1. The van der Waals surface area contributed by atoms with Gasteiger partial charge in [0.15, 0.2) is 18.1 Å². The number of amides is 2. The van der Waals surface area contributed by atoms with Crippen molar-refractivity contribution in [3.63, 3.8) is 0 Å². The highest BCUT2D eigenvalue weighted by atomic mass is 16.5. The average molecular weight is 428 g/mol. The van der Waals surface area contributed by atoms with E-state index in [0.29, 0.717) is 24.6 Å². The second-order valence-electron chi connectivity index (χ2n) is 6.70. The Balaban J connectivity index is 1.79. The number of carbonyl (C=O) groups excluding carboxylic acids is 3. The van der Waals surface area contributed by atoms with Crippen molar-refractivity contribution < 1.29 is 28.6 Å². The fraction of sp³-hybridized carbons (Fsp3) is 0.348. The molecule has 166 valence electrons. The van der Waals surface area contributed by atoms with E-state index in [1.165, 1.54) is 0 Å². The van der Waals surface area contributed by atoms with E-state index < -0.39 is 12.6 Å². The maximum Gasteiger partial charge on any atom is 0.325 e. The number of likely N-dealkylation sites (N-methyl/N-ethyl adjacent to an activating group) is 1. The molecule has 2 aromatic carbocycles. The summed E-state index contributed by atoms with van der Waals surface area (Å²) in [5.41, 5.74) is 1.70. The van der Waals surface area contributed by atoms with Gasteiger partial charge in [-0.15, -0.1) is 0 Å². The lowest BCUT2D eigenvalue weighted by molar-refractivity contribution is -0.151. The third kappa shape index (κ3) is 7.65. The molecule has 0 bridgehead atoms. The van der Waals surface area contributed by atoms with Crippen molar-refractivity contribution in [2.45, 2.75) is 19.9 Å². The zero-order valence-corrected chi connectivity index (χ0v) is 18.1. The first-order chi connectivity index (χ1) is 15.0. The van der Waals surface area contributed by atoms with Gasteiger partial charge < -0.3 is 24.4 Å². The van der Waals surface area contributed by atoms with Crippen LogP contribution in [0.5, 0.6) is 11.5 Å². The van der Waals surface area contributed by atoms with Crippen LogP contribution < -0.4 is 14.8 Å². The van der Waals surface area contributed by atoms with Gasteiger partial charge in [-0.1, -0.05) is 36.4 Å². The molecule has 0 heterocycles. The predicted octanol–water partition coefficient (Wildman–Crippen LogP) is 1.95. The molecule has 31 heavy (non-hydrogen) atoms. The van der Waals surface area contributed by atoms with E-state index in [4.69, 9.17) is 14.2 Å². The first-order valence-corrected chi connectivity index (χ1v) is 9.91. The van der Waals surface area contributed by atoms with Crippen LogP contribution in [0.15, 0.2) is 48.5 Å². The average Bonchev–Trinajstić information content (AvgIpc) is 2.80. The molecule has 2 amide bonds. The van der Waals surface area contributed by atoms with Crippen molar-refractivity contribution >= 4 is 17.8 Å². The zero-order chi connectivity index (χ0) is 22.6. The van der Waals surface area contributed by atoms with Gasteiger partial charge in [0.2, 0.25) is 5.91 Å². The van der Waals surface area contributed by atoms with E-state index in [2.05, 4.69) is 5.32 Å². The Morgan fingerprint density at radius 2 is 1.65 bits per heavy atom. The Hall–Kier alpha value is -3.55.